The molecule has 1 aliphatic rings. The van der Waals surface area contributed by atoms with Crippen molar-refractivity contribution in [2.45, 2.75) is 52.1 Å². The number of hydrogen-bond acceptors (Lipinski definition) is 6. The third-order valence-corrected chi connectivity index (χ3v) is 4.92. The van der Waals surface area contributed by atoms with E-state index >= 15 is 0 Å². The molecule has 0 aromatic carbocycles. The number of likely N-dealkylation sites (tertiary alicyclic amines) is 1. The van der Waals surface area contributed by atoms with Crippen LogP contribution < -0.4 is 5.56 Å². The number of nitrogens with zero attached hydrogens (tertiary/aromatic N) is 5. The third-order valence-electron chi connectivity index (χ3n) is 4.92. The van der Waals surface area contributed by atoms with Crippen LogP contribution in [0.3, 0.4) is 0 Å². The fourth-order valence-corrected chi connectivity index (χ4v) is 3.52. The van der Waals surface area contributed by atoms with Crippen molar-refractivity contribution in [1.82, 2.24) is 24.4 Å². The third kappa shape index (κ3) is 3.03. The summed E-state index contributed by atoms with van der Waals surface area (Å²) in [5, 5.41) is 4.18. The van der Waals surface area contributed by atoms with Crippen molar-refractivity contribution < 1.29 is 4.52 Å². The molecule has 0 unspecified atom stereocenters. The van der Waals surface area contributed by atoms with Gasteiger partial charge >= 0.3 is 0 Å². The van der Waals surface area contributed by atoms with Crippen LogP contribution in [0.25, 0.3) is 5.65 Å². The Morgan fingerprint density at radius 3 is 2.96 bits per heavy atom. The van der Waals surface area contributed by atoms with E-state index in [9.17, 15) is 4.79 Å². The molecule has 0 radical (unpaired) electrons. The van der Waals surface area contributed by atoms with Gasteiger partial charge in [0.15, 0.2) is 5.82 Å². The van der Waals surface area contributed by atoms with Crippen LogP contribution in [-0.2, 0) is 6.54 Å². The van der Waals surface area contributed by atoms with Crippen LogP contribution in [0.15, 0.2) is 33.7 Å². The van der Waals surface area contributed by atoms with Crippen LogP contribution in [0, 0.1) is 6.92 Å². The van der Waals surface area contributed by atoms with Gasteiger partial charge in [-0.25, -0.2) is 4.98 Å². The fraction of sp³-hybridized carbons (Fsp3) is 0.474. The van der Waals surface area contributed by atoms with Crippen molar-refractivity contribution in [2.75, 3.05) is 6.54 Å². The highest BCUT2D eigenvalue weighted by molar-refractivity contribution is 5.46. The summed E-state index contributed by atoms with van der Waals surface area (Å²) in [4.78, 5) is 24.0. The van der Waals surface area contributed by atoms with Crippen molar-refractivity contribution in [3.63, 3.8) is 0 Å². The van der Waals surface area contributed by atoms with Crippen LogP contribution in [0.1, 0.15) is 61.6 Å². The van der Waals surface area contributed by atoms with Gasteiger partial charge in [0, 0.05) is 24.7 Å². The molecule has 0 saturated carbocycles. The summed E-state index contributed by atoms with van der Waals surface area (Å²) in [6.07, 6.45) is 3.82. The van der Waals surface area contributed by atoms with Crippen LogP contribution in [0.4, 0.5) is 0 Å². The number of hydrogen-bond donors (Lipinski definition) is 0. The number of fused-ring (bicyclic) bond motifs is 1. The van der Waals surface area contributed by atoms with Gasteiger partial charge in [-0.05, 0) is 37.9 Å². The first-order valence-electron chi connectivity index (χ1n) is 9.08. The Labute approximate surface area is 151 Å². The fourth-order valence-electron chi connectivity index (χ4n) is 3.52. The Morgan fingerprint density at radius 1 is 1.35 bits per heavy atom. The quantitative estimate of drug-likeness (QED) is 0.718. The largest absolute Gasteiger partial charge is 0.339 e. The molecule has 1 saturated heterocycles. The maximum absolute atomic E-state index is 12.4. The Hall–Kier alpha value is -2.54. The molecule has 0 spiro atoms. The van der Waals surface area contributed by atoms with Gasteiger partial charge in [-0.1, -0.05) is 25.1 Å². The zero-order chi connectivity index (χ0) is 18.3. The number of pyridine rings is 1. The minimum Gasteiger partial charge on any atom is -0.339 e. The molecule has 1 aliphatic heterocycles. The molecule has 7 nitrogen and oxygen atoms in total. The van der Waals surface area contributed by atoms with Gasteiger partial charge < -0.3 is 4.52 Å². The highest BCUT2D eigenvalue weighted by Gasteiger charge is 2.30. The van der Waals surface area contributed by atoms with Gasteiger partial charge in [-0.3, -0.25) is 14.1 Å². The predicted molar refractivity (Wildman–Crippen MR) is 97.0 cm³/mol. The lowest BCUT2D eigenvalue weighted by molar-refractivity contribution is 0.231. The molecule has 26 heavy (non-hydrogen) atoms. The molecule has 3 aromatic rings. The summed E-state index contributed by atoms with van der Waals surface area (Å²) in [6, 6.07) is 5.57. The summed E-state index contributed by atoms with van der Waals surface area (Å²) < 4.78 is 6.96. The van der Waals surface area contributed by atoms with Crippen LogP contribution >= 0.6 is 0 Å². The standard InChI is InChI=1S/C19H23N5O2/c1-12(2)19-21-17(22-26-19)15-7-5-8-23(15)11-14-10-16(25)24-9-4-6-13(3)18(24)20-14/h4,6,9-10,12,15H,5,7-8,11H2,1-3H3/t15-/m1/s1. The van der Waals surface area contributed by atoms with Crippen molar-refractivity contribution in [1.29, 1.82) is 0 Å². The summed E-state index contributed by atoms with van der Waals surface area (Å²) in [5.74, 6) is 1.63. The molecule has 0 bridgehead atoms. The van der Waals surface area contributed by atoms with E-state index in [1.165, 1.54) is 0 Å². The molecule has 0 aliphatic carbocycles. The van der Waals surface area contributed by atoms with Crippen molar-refractivity contribution in [3.8, 4) is 0 Å². The molecule has 0 amide bonds. The van der Waals surface area contributed by atoms with E-state index in [1.54, 1.807) is 16.7 Å². The molecule has 136 valence electrons. The predicted octanol–water partition coefficient (Wildman–Crippen LogP) is 2.85. The second kappa shape index (κ2) is 6.64. The lowest BCUT2D eigenvalue weighted by Gasteiger charge is -2.21. The van der Waals surface area contributed by atoms with E-state index in [0.29, 0.717) is 18.1 Å². The van der Waals surface area contributed by atoms with E-state index < -0.39 is 0 Å². The highest BCUT2D eigenvalue weighted by atomic mass is 16.5. The molecule has 1 fully saturated rings. The Balaban J connectivity index is 1.62. The Morgan fingerprint density at radius 2 is 2.19 bits per heavy atom. The first-order valence-corrected chi connectivity index (χ1v) is 9.08. The summed E-state index contributed by atoms with van der Waals surface area (Å²) >= 11 is 0. The van der Waals surface area contributed by atoms with E-state index in [2.05, 4.69) is 15.0 Å². The monoisotopic (exact) mass is 353 g/mol. The van der Waals surface area contributed by atoms with Crippen molar-refractivity contribution in [2.24, 2.45) is 0 Å². The van der Waals surface area contributed by atoms with E-state index in [1.807, 2.05) is 32.9 Å². The zero-order valence-corrected chi connectivity index (χ0v) is 15.3. The van der Waals surface area contributed by atoms with E-state index in [-0.39, 0.29) is 17.5 Å². The van der Waals surface area contributed by atoms with Crippen LogP contribution in [0.2, 0.25) is 0 Å². The maximum atomic E-state index is 12.4. The molecule has 0 N–H and O–H groups in total. The summed E-state index contributed by atoms with van der Waals surface area (Å²) in [6.45, 7) is 7.59. The van der Waals surface area contributed by atoms with Gasteiger partial charge in [-0.15, -0.1) is 0 Å². The van der Waals surface area contributed by atoms with Gasteiger partial charge in [0.2, 0.25) is 5.89 Å². The molecule has 4 rings (SSSR count). The number of rotatable bonds is 4. The minimum atomic E-state index is -0.0499. The molecule has 1 atom stereocenters. The Kier molecular flexibility index (Phi) is 4.32. The van der Waals surface area contributed by atoms with E-state index in [4.69, 9.17) is 9.51 Å². The smallest absolute Gasteiger partial charge is 0.258 e. The van der Waals surface area contributed by atoms with Gasteiger partial charge in [0.05, 0.1) is 11.7 Å². The summed E-state index contributed by atoms with van der Waals surface area (Å²) in [7, 11) is 0. The first kappa shape index (κ1) is 16.9. The van der Waals surface area contributed by atoms with Crippen molar-refractivity contribution in [3.05, 3.63) is 57.7 Å². The zero-order valence-electron chi connectivity index (χ0n) is 15.3. The lowest BCUT2D eigenvalue weighted by Crippen LogP contribution is -2.26. The molecular weight excluding hydrogens is 330 g/mol. The number of aromatic nitrogens is 4. The molecule has 3 aromatic heterocycles. The summed E-state index contributed by atoms with van der Waals surface area (Å²) in [5.41, 5.74) is 2.44. The first-order chi connectivity index (χ1) is 12.5. The minimum absolute atomic E-state index is 0.0499. The SMILES string of the molecule is Cc1cccn2c(=O)cc(CN3CCC[C@@H]3c3noc(C(C)C)n3)nc12. The van der Waals surface area contributed by atoms with Gasteiger partial charge in [-0.2, -0.15) is 4.98 Å². The molecular formula is C19H23N5O2. The maximum Gasteiger partial charge on any atom is 0.258 e. The Bertz CT molecular complexity index is 991. The molecule has 7 heteroatoms. The average Bonchev–Trinajstić information content (AvgIpc) is 3.25. The van der Waals surface area contributed by atoms with Crippen molar-refractivity contribution >= 4 is 5.65 Å². The average molecular weight is 353 g/mol. The number of aryl methyl sites for hydroxylation is 1. The lowest BCUT2D eigenvalue weighted by atomic mass is 10.2. The van der Waals surface area contributed by atoms with Crippen LogP contribution in [-0.4, -0.2) is 31.0 Å². The highest BCUT2D eigenvalue weighted by Crippen LogP contribution is 2.31. The topological polar surface area (TPSA) is 76.5 Å². The van der Waals surface area contributed by atoms with Crippen LogP contribution in [0.5, 0.6) is 0 Å². The second-order valence-electron chi connectivity index (χ2n) is 7.24. The van der Waals surface area contributed by atoms with Gasteiger partial charge in [0.25, 0.3) is 5.56 Å². The normalized spacial score (nSPS) is 18.2. The van der Waals surface area contributed by atoms with Gasteiger partial charge in [0.1, 0.15) is 5.65 Å². The molecule has 4 heterocycles. The van der Waals surface area contributed by atoms with E-state index in [0.717, 1.165) is 36.5 Å². The second-order valence-corrected chi connectivity index (χ2v) is 7.24.